The number of hydrogen-bond acceptors (Lipinski definition) is 5. The number of hydrogen-bond donors (Lipinski definition) is 1. The van der Waals surface area contributed by atoms with Gasteiger partial charge in [0.25, 0.3) is 5.91 Å². The number of ether oxygens (including phenoxy) is 3. The number of nitrogens with zero attached hydrogens (tertiary/aromatic N) is 1. The lowest BCUT2D eigenvalue weighted by Crippen LogP contribution is -2.34. The number of hydrazone groups is 1. The van der Waals surface area contributed by atoms with E-state index in [1.807, 2.05) is 25.1 Å². The predicted octanol–water partition coefficient (Wildman–Crippen LogP) is 3.73. The summed E-state index contributed by atoms with van der Waals surface area (Å²) in [6, 6.07) is 10.8. The summed E-state index contributed by atoms with van der Waals surface area (Å²) in [6.45, 7) is 6.40. The number of carbonyl (C=O) groups is 1. The van der Waals surface area contributed by atoms with Crippen molar-refractivity contribution in [3.05, 3.63) is 52.5 Å². The van der Waals surface area contributed by atoms with E-state index in [1.54, 1.807) is 32.0 Å². The fraction of sp³-hybridized carbons (Fsp3) is 0.300. The maximum Gasteiger partial charge on any atom is 0.280 e. The average Bonchev–Trinajstić information content (AvgIpc) is 2.67. The molecule has 0 aromatic heterocycles. The SMILES string of the molecule is C/C(=N/NC(=O)[C@@H](C)Oc1ccc(Cl)cc1C)c1ccc2c(c1)OCCO2. The van der Waals surface area contributed by atoms with E-state index >= 15 is 0 Å². The molecular formula is C20H21ClN2O4. The Labute approximate surface area is 163 Å². The maximum atomic E-state index is 12.3. The van der Waals surface area contributed by atoms with E-state index in [2.05, 4.69) is 10.5 Å². The molecule has 1 amide bonds. The molecule has 7 heteroatoms. The first-order valence-corrected chi connectivity index (χ1v) is 8.99. The number of rotatable bonds is 5. The van der Waals surface area contributed by atoms with Crippen LogP contribution in [0.2, 0.25) is 5.02 Å². The van der Waals surface area contributed by atoms with E-state index in [0.717, 1.165) is 11.1 Å². The van der Waals surface area contributed by atoms with Gasteiger partial charge in [-0.3, -0.25) is 4.79 Å². The Hall–Kier alpha value is -2.73. The van der Waals surface area contributed by atoms with Crippen LogP contribution >= 0.6 is 11.6 Å². The van der Waals surface area contributed by atoms with Crippen molar-refractivity contribution in [2.75, 3.05) is 13.2 Å². The Kier molecular flexibility index (Phi) is 5.86. The lowest BCUT2D eigenvalue weighted by atomic mass is 10.1. The Bertz CT molecular complexity index is 882. The van der Waals surface area contributed by atoms with Crippen LogP contribution in [0.1, 0.15) is 25.0 Å². The molecule has 1 atom stereocenters. The summed E-state index contributed by atoms with van der Waals surface area (Å²) >= 11 is 5.93. The van der Waals surface area contributed by atoms with Crippen molar-refractivity contribution >= 4 is 23.2 Å². The van der Waals surface area contributed by atoms with Crippen molar-refractivity contribution in [2.45, 2.75) is 26.9 Å². The molecule has 0 unspecified atom stereocenters. The van der Waals surface area contributed by atoms with E-state index in [4.69, 9.17) is 25.8 Å². The van der Waals surface area contributed by atoms with Gasteiger partial charge in [0.05, 0.1) is 5.71 Å². The number of benzene rings is 2. The van der Waals surface area contributed by atoms with Crippen molar-refractivity contribution in [1.29, 1.82) is 0 Å². The summed E-state index contributed by atoms with van der Waals surface area (Å²) in [5, 5.41) is 4.78. The van der Waals surface area contributed by atoms with Gasteiger partial charge in [0.1, 0.15) is 19.0 Å². The second-order valence-corrected chi connectivity index (χ2v) is 6.64. The monoisotopic (exact) mass is 388 g/mol. The molecule has 2 aromatic rings. The number of fused-ring (bicyclic) bond motifs is 1. The Morgan fingerprint density at radius 3 is 2.67 bits per heavy atom. The molecule has 1 N–H and O–H groups in total. The largest absolute Gasteiger partial charge is 0.486 e. The molecule has 3 rings (SSSR count). The summed E-state index contributed by atoms with van der Waals surface area (Å²) in [4.78, 5) is 12.3. The predicted molar refractivity (Wildman–Crippen MR) is 104 cm³/mol. The Balaban J connectivity index is 1.63. The van der Waals surface area contributed by atoms with Gasteiger partial charge in [-0.1, -0.05) is 11.6 Å². The molecule has 0 saturated carbocycles. The second kappa shape index (κ2) is 8.31. The van der Waals surface area contributed by atoms with Crippen LogP contribution in [0, 0.1) is 6.92 Å². The minimum Gasteiger partial charge on any atom is -0.486 e. The zero-order valence-electron chi connectivity index (χ0n) is 15.4. The zero-order valence-corrected chi connectivity index (χ0v) is 16.2. The number of halogens is 1. The van der Waals surface area contributed by atoms with E-state index in [9.17, 15) is 4.79 Å². The smallest absolute Gasteiger partial charge is 0.280 e. The van der Waals surface area contributed by atoms with Gasteiger partial charge >= 0.3 is 0 Å². The molecule has 0 saturated heterocycles. The highest BCUT2D eigenvalue weighted by molar-refractivity contribution is 6.30. The van der Waals surface area contributed by atoms with Gasteiger partial charge in [-0.05, 0) is 62.7 Å². The van der Waals surface area contributed by atoms with E-state index in [-0.39, 0.29) is 5.91 Å². The Morgan fingerprint density at radius 2 is 1.93 bits per heavy atom. The van der Waals surface area contributed by atoms with Gasteiger partial charge < -0.3 is 14.2 Å². The van der Waals surface area contributed by atoms with Crippen molar-refractivity contribution in [3.63, 3.8) is 0 Å². The van der Waals surface area contributed by atoms with Crippen molar-refractivity contribution in [2.24, 2.45) is 5.10 Å². The summed E-state index contributed by atoms with van der Waals surface area (Å²) in [6.07, 6.45) is -0.707. The number of nitrogens with one attached hydrogen (secondary N) is 1. The molecule has 0 bridgehead atoms. The first kappa shape index (κ1) is 19.0. The highest BCUT2D eigenvalue weighted by Crippen LogP contribution is 2.30. The zero-order chi connectivity index (χ0) is 19.4. The van der Waals surface area contributed by atoms with Crippen LogP contribution < -0.4 is 19.6 Å². The van der Waals surface area contributed by atoms with E-state index in [1.165, 1.54) is 0 Å². The van der Waals surface area contributed by atoms with Crippen LogP contribution in [0.5, 0.6) is 17.2 Å². The third-order valence-electron chi connectivity index (χ3n) is 4.10. The van der Waals surface area contributed by atoms with Gasteiger partial charge in [0.15, 0.2) is 17.6 Å². The van der Waals surface area contributed by atoms with Crippen LogP contribution in [-0.2, 0) is 4.79 Å². The number of amides is 1. The lowest BCUT2D eigenvalue weighted by Gasteiger charge is -2.19. The van der Waals surface area contributed by atoms with Crippen LogP contribution in [-0.4, -0.2) is 30.9 Å². The molecule has 142 valence electrons. The molecule has 0 fully saturated rings. The standard InChI is InChI=1S/C20H21ClN2O4/c1-12-10-16(21)5-7-17(12)27-14(3)20(24)23-22-13(2)15-4-6-18-19(11-15)26-9-8-25-18/h4-7,10-11,14H,8-9H2,1-3H3,(H,23,24)/b22-13-/t14-/m1/s1. The lowest BCUT2D eigenvalue weighted by molar-refractivity contribution is -0.127. The summed E-state index contributed by atoms with van der Waals surface area (Å²) in [7, 11) is 0. The van der Waals surface area contributed by atoms with Gasteiger partial charge in [0, 0.05) is 10.6 Å². The van der Waals surface area contributed by atoms with Crippen LogP contribution in [0.4, 0.5) is 0 Å². The molecule has 0 spiro atoms. The van der Waals surface area contributed by atoms with Gasteiger partial charge in [-0.2, -0.15) is 5.10 Å². The topological polar surface area (TPSA) is 69.2 Å². The molecule has 2 aromatic carbocycles. The van der Waals surface area contributed by atoms with Gasteiger partial charge in [-0.15, -0.1) is 0 Å². The minimum atomic E-state index is -0.707. The fourth-order valence-corrected chi connectivity index (χ4v) is 2.78. The molecule has 27 heavy (non-hydrogen) atoms. The van der Waals surface area contributed by atoms with Gasteiger partial charge in [-0.25, -0.2) is 5.43 Å². The average molecular weight is 389 g/mol. The number of aryl methyl sites for hydroxylation is 1. The molecule has 0 radical (unpaired) electrons. The highest BCUT2D eigenvalue weighted by Gasteiger charge is 2.16. The fourth-order valence-electron chi connectivity index (χ4n) is 2.55. The normalized spacial score (nSPS) is 14.4. The molecule has 1 aliphatic heterocycles. The summed E-state index contributed by atoms with van der Waals surface area (Å²) in [5.74, 6) is 1.65. The van der Waals surface area contributed by atoms with E-state index in [0.29, 0.717) is 41.2 Å². The Morgan fingerprint density at radius 1 is 1.19 bits per heavy atom. The van der Waals surface area contributed by atoms with Crippen LogP contribution in [0.25, 0.3) is 0 Å². The third kappa shape index (κ3) is 4.71. The molecular weight excluding hydrogens is 368 g/mol. The molecule has 6 nitrogen and oxygen atoms in total. The van der Waals surface area contributed by atoms with Gasteiger partial charge in [0.2, 0.25) is 0 Å². The van der Waals surface area contributed by atoms with Crippen LogP contribution in [0.3, 0.4) is 0 Å². The van der Waals surface area contributed by atoms with Crippen molar-refractivity contribution < 1.29 is 19.0 Å². The first-order valence-electron chi connectivity index (χ1n) is 8.61. The number of carbonyl (C=O) groups excluding carboxylic acids is 1. The maximum absolute atomic E-state index is 12.3. The second-order valence-electron chi connectivity index (χ2n) is 6.20. The molecule has 0 aliphatic carbocycles. The van der Waals surface area contributed by atoms with Crippen molar-refractivity contribution in [1.82, 2.24) is 5.43 Å². The third-order valence-corrected chi connectivity index (χ3v) is 4.34. The summed E-state index contributed by atoms with van der Waals surface area (Å²) < 4.78 is 16.8. The summed E-state index contributed by atoms with van der Waals surface area (Å²) in [5.41, 5.74) is 4.88. The first-order chi connectivity index (χ1) is 12.9. The minimum absolute atomic E-state index is 0.346. The molecule has 1 aliphatic rings. The highest BCUT2D eigenvalue weighted by atomic mass is 35.5. The van der Waals surface area contributed by atoms with E-state index < -0.39 is 6.10 Å². The van der Waals surface area contributed by atoms with Crippen molar-refractivity contribution in [3.8, 4) is 17.2 Å². The molecule has 1 heterocycles. The quantitative estimate of drug-likeness (QED) is 0.626. The van der Waals surface area contributed by atoms with Crippen LogP contribution in [0.15, 0.2) is 41.5 Å².